The molecule has 0 unspecified atom stereocenters. The van der Waals surface area contributed by atoms with E-state index < -0.39 is 0 Å². The lowest BCUT2D eigenvalue weighted by Gasteiger charge is -2.30. The third-order valence-electron chi connectivity index (χ3n) is 6.04. The van der Waals surface area contributed by atoms with Crippen LogP contribution in [0.4, 0.5) is 5.69 Å². The molecule has 0 aliphatic carbocycles. The molecular weight excluding hydrogens is 412 g/mol. The van der Waals surface area contributed by atoms with Gasteiger partial charge in [0.2, 0.25) is 5.91 Å². The molecule has 1 aliphatic heterocycles. The number of nitrogens with zero attached hydrogens (tertiary/aromatic N) is 3. The van der Waals surface area contributed by atoms with Crippen LogP contribution in [0, 0.1) is 5.92 Å². The first-order chi connectivity index (χ1) is 15.9. The van der Waals surface area contributed by atoms with Crippen LogP contribution in [0.2, 0.25) is 0 Å². The molecule has 0 bridgehead atoms. The fourth-order valence-electron chi connectivity index (χ4n) is 4.47. The van der Waals surface area contributed by atoms with Gasteiger partial charge in [-0.3, -0.25) is 19.5 Å². The third-order valence-corrected chi connectivity index (χ3v) is 6.04. The average molecular weight is 451 g/mol. The Morgan fingerprint density at radius 1 is 1.03 bits per heavy atom. The van der Waals surface area contributed by atoms with Crippen LogP contribution in [-0.4, -0.2) is 41.3 Å². The van der Waals surface area contributed by atoms with E-state index in [1.807, 2.05) is 41.3 Å². The summed E-state index contributed by atoms with van der Waals surface area (Å²) in [5.74, 6) is 0.477. The van der Waals surface area contributed by atoms with Crippen LogP contribution in [0.1, 0.15) is 74.5 Å². The minimum absolute atomic E-state index is 0.0519. The van der Waals surface area contributed by atoms with Gasteiger partial charge in [-0.05, 0) is 61.2 Å². The Morgan fingerprint density at radius 2 is 1.79 bits per heavy atom. The Balaban J connectivity index is 1.88. The molecule has 0 atom stereocenters. The standard InChI is InChI=1S/C27H38N4O2/c1-21(2)19-30-15-9-5-4-6-10-16-31(22(3)32)26-13-12-23(17-24(26)20-30)27(33)29-18-25-11-7-8-14-28-25/h7-8,11-14,17,21H,4-6,9-10,15-16,18-20H2,1-3H3,(H,29,33). The van der Waals surface area contributed by atoms with Gasteiger partial charge < -0.3 is 10.2 Å². The second kappa shape index (κ2) is 12.5. The van der Waals surface area contributed by atoms with Gasteiger partial charge in [0.1, 0.15) is 0 Å². The molecule has 1 N–H and O–H groups in total. The van der Waals surface area contributed by atoms with Crippen LogP contribution in [-0.2, 0) is 17.9 Å². The van der Waals surface area contributed by atoms with Gasteiger partial charge in [0.25, 0.3) is 5.91 Å². The number of hydrogen-bond donors (Lipinski definition) is 1. The largest absolute Gasteiger partial charge is 0.346 e. The molecule has 0 fully saturated rings. The van der Waals surface area contributed by atoms with Crippen LogP contribution in [0.25, 0.3) is 0 Å². The molecule has 3 rings (SSSR count). The van der Waals surface area contributed by atoms with Gasteiger partial charge in [-0.25, -0.2) is 0 Å². The molecular formula is C27H38N4O2. The number of benzene rings is 1. The van der Waals surface area contributed by atoms with E-state index in [1.165, 1.54) is 19.3 Å². The molecule has 0 saturated heterocycles. The predicted molar refractivity (Wildman–Crippen MR) is 133 cm³/mol. The van der Waals surface area contributed by atoms with E-state index in [9.17, 15) is 9.59 Å². The number of pyridine rings is 1. The van der Waals surface area contributed by atoms with Crippen LogP contribution in [0.15, 0.2) is 42.6 Å². The summed E-state index contributed by atoms with van der Waals surface area (Å²) in [5.41, 5.74) is 3.41. The molecule has 0 radical (unpaired) electrons. The number of carbonyl (C=O) groups is 2. The van der Waals surface area contributed by atoms with E-state index in [2.05, 4.69) is 29.0 Å². The van der Waals surface area contributed by atoms with Crippen molar-refractivity contribution in [1.82, 2.24) is 15.2 Å². The molecule has 1 aromatic heterocycles. The van der Waals surface area contributed by atoms with Crippen molar-refractivity contribution < 1.29 is 9.59 Å². The Hall–Kier alpha value is -2.73. The van der Waals surface area contributed by atoms with Crippen LogP contribution < -0.4 is 10.2 Å². The molecule has 2 amide bonds. The first-order valence-electron chi connectivity index (χ1n) is 12.3. The molecule has 2 aromatic rings. The normalized spacial score (nSPS) is 15.9. The van der Waals surface area contributed by atoms with E-state index in [1.54, 1.807) is 13.1 Å². The Labute approximate surface area is 198 Å². The fraction of sp³-hybridized carbons (Fsp3) is 0.519. The lowest BCUT2D eigenvalue weighted by Crippen LogP contribution is -2.34. The second-order valence-corrected chi connectivity index (χ2v) is 9.41. The first kappa shape index (κ1) is 24.9. The van der Waals surface area contributed by atoms with Crippen molar-refractivity contribution in [3.05, 3.63) is 59.4 Å². The average Bonchev–Trinajstić information content (AvgIpc) is 2.78. The van der Waals surface area contributed by atoms with Crippen molar-refractivity contribution in [2.45, 2.75) is 66.0 Å². The summed E-state index contributed by atoms with van der Waals surface area (Å²) in [4.78, 5) is 34.1. The zero-order chi connectivity index (χ0) is 23.6. The van der Waals surface area contributed by atoms with Crippen LogP contribution in [0.3, 0.4) is 0 Å². The van der Waals surface area contributed by atoms with Crippen molar-refractivity contribution in [3.63, 3.8) is 0 Å². The van der Waals surface area contributed by atoms with Crippen LogP contribution in [0.5, 0.6) is 0 Å². The summed E-state index contributed by atoms with van der Waals surface area (Å²) in [6.45, 7) is 9.98. The summed E-state index contributed by atoms with van der Waals surface area (Å²) in [6, 6.07) is 11.4. The van der Waals surface area contributed by atoms with Gasteiger partial charge in [-0.15, -0.1) is 0 Å². The Bertz CT molecular complexity index is 914. The van der Waals surface area contributed by atoms with Gasteiger partial charge in [0.15, 0.2) is 0 Å². The number of amides is 2. The van der Waals surface area contributed by atoms with Gasteiger partial charge in [-0.1, -0.05) is 39.2 Å². The summed E-state index contributed by atoms with van der Waals surface area (Å²) >= 11 is 0. The van der Waals surface area contributed by atoms with Gasteiger partial charge in [-0.2, -0.15) is 0 Å². The SMILES string of the molecule is CC(=O)N1CCCCCCCN(CC(C)C)Cc2cc(C(=O)NCc3ccccn3)ccc21. The topological polar surface area (TPSA) is 65.5 Å². The summed E-state index contributed by atoms with van der Waals surface area (Å²) < 4.78 is 0. The zero-order valence-corrected chi connectivity index (χ0v) is 20.3. The second-order valence-electron chi connectivity index (χ2n) is 9.41. The van der Waals surface area contributed by atoms with E-state index in [4.69, 9.17) is 0 Å². The van der Waals surface area contributed by atoms with Gasteiger partial charge in [0.05, 0.1) is 12.2 Å². The molecule has 178 valence electrons. The molecule has 1 aromatic carbocycles. The monoisotopic (exact) mass is 450 g/mol. The number of hydrogen-bond acceptors (Lipinski definition) is 4. The highest BCUT2D eigenvalue weighted by molar-refractivity contribution is 5.97. The van der Waals surface area contributed by atoms with E-state index in [0.717, 1.165) is 56.0 Å². The maximum Gasteiger partial charge on any atom is 0.251 e. The Morgan fingerprint density at radius 3 is 2.48 bits per heavy atom. The smallest absolute Gasteiger partial charge is 0.251 e. The highest BCUT2D eigenvalue weighted by Crippen LogP contribution is 2.26. The fourth-order valence-corrected chi connectivity index (χ4v) is 4.47. The zero-order valence-electron chi connectivity index (χ0n) is 20.3. The van der Waals surface area contributed by atoms with E-state index >= 15 is 0 Å². The molecule has 33 heavy (non-hydrogen) atoms. The third kappa shape index (κ3) is 7.67. The maximum atomic E-state index is 12.9. The molecule has 6 nitrogen and oxygen atoms in total. The minimum Gasteiger partial charge on any atom is -0.346 e. The van der Waals surface area contributed by atoms with Crippen molar-refractivity contribution in [3.8, 4) is 0 Å². The van der Waals surface area contributed by atoms with Crippen molar-refractivity contribution in [2.24, 2.45) is 5.92 Å². The van der Waals surface area contributed by atoms with E-state index in [0.29, 0.717) is 18.0 Å². The number of carbonyl (C=O) groups excluding carboxylic acids is 2. The summed E-state index contributed by atoms with van der Waals surface area (Å²) in [7, 11) is 0. The minimum atomic E-state index is -0.126. The van der Waals surface area contributed by atoms with Crippen LogP contribution >= 0.6 is 0 Å². The highest BCUT2D eigenvalue weighted by Gasteiger charge is 2.20. The summed E-state index contributed by atoms with van der Waals surface area (Å²) in [5, 5.41) is 2.97. The van der Waals surface area contributed by atoms with E-state index in [-0.39, 0.29) is 11.8 Å². The lowest BCUT2D eigenvalue weighted by molar-refractivity contribution is -0.116. The lowest BCUT2D eigenvalue weighted by atomic mass is 10.0. The number of aromatic nitrogens is 1. The highest BCUT2D eigenvalue weighted by atomic mass is 16.2. The maximum absolute atomic E-state index is 12.9. The number of anilines is 1. The first-order valence-corrected chi connectivity index (χ1v) is 12.3. The number of rotatable bonds is 5. The van der Waals surface area contributed by atoms with Crippen molar-refractivity contribution >= 4 is 17.5 Å². The molecule has 0 spiro atoms. The van der Waals surface area contributed by atoms with Crippen molar-refractivity contribution in [2.75, 3.05) is 24.5 Å². The molecule has 2 heterocycles. The Kier molecular flexibility index (Phi) is 9.43. The quantitative estimate of drug-likeness (QED) is 0.712. The molecule has 6 heteroatoms. The molecule has 1 aliphatic rings. The number of nitrogens with one attached hydrogen (secondary N) is 1. The summed E-state index contributed by atoms with van der Waals surface area (Å²) in [6.07, 6.45) is 7.48. The molecule has 0 saturated carbocycles. The predicted octanol–water partition coefficient (Wildman–Crippen LogP) is 4.79. The number of fused-ring (bicyclic) bond motifs is 1. The van der Waals surface area contributed by atoms with Gasteiger partial charge in [0, 0.05) is 44.0 Å². The van der Waals surface area contributed by atoms with Crippen molar-refractivity contribution in [1.29, 1.82) is 0 Å². The van der Waals surface area contributed by atoms with Gasteiger partial charge >= 0.3 is 0 Å².